The van der Waals surface area contributed by atoms with Crippen LogP contribution >= 0.6 is 0 Å². The van der Waals surface area contributed by atoms with Crippen molar-refractivity contribution in [2.24, 2.45) is 5.41 Å². The third-order valence-corrected chi connectivity index (χ3v) is 2.86. The van der Waals surface area contributed by atoms with Gasteiger partial charge >= 0.3 is 0 Å². The van der Waals surface area contributed by atoms with Gasteiger partial charge in [0.05, 0.1) is 0 Å². The average molecular weight is 206 g/mol. The van der Waals surface area contributed by atoms with Gasteiger partial charge in [-0.2, -0.15) is 0 Å². The Hall–Kier alpha value is -0.890. The molecule has 2 heteroatoms. The monoisotopic (exact) mass is 206 g/mol. The van der Waals surface area contributed by atoms with Gasteiger partial charge in [-0.1, -0.05) is 26.8 Å². The van der Waals surface area contributed by atoms with Gasteiger partial charge in [-0.05, 0) is 24.5 Å². The molecule has 1 N–H and O–H groups in total. The highest BCUT2D eigenvalue weighted by atomic mass is 14.9. The molecule has 1 aromatic rings. The molecule has 1 heterocycles. The Morgan fingerprint density at radius 3 is 2.60 bits per heavy atom. The van der Waals surface area contributed by atoms with Crippen molar-refractivity contribution in [3.05, 3.63) is 30.1 Å². The summed E-state index contributed by atoms with van der Waals surface area (Å²) in [5.41, 5.74) is 1.48. The van der Waals surface area contributed by atoms with Crippen LogP contribution in [-0.2, 0) is 6.42 Å². The van der Waals surface area contributed by atoms with Crippen molar-refractivity contribution in [3.63, 3.8) is 0 Å². The summed E-state index contributed by atoms with van der Waals surface area (Å²) >= 11 is 0. The minimum Gasteiger partial charge on any atom is -0.313 e. The molecule has 1 unspecified atom stereocenters. The Balaban J connectivity index is 2.28. The van der Waals surface area contributed by atoms with Crippen LogP contribution in [-0.4, -0.2) is 17.6 Å². The van der Waals surface area contributed by atoms with Crippen molar-refractivity contribution in [2.45, 2.75) is 40.2 Å². The summed E-state index contributed by atoms with van der Waals surface area (Å²) in [6.45, 7) is 10.00. The lowest BCUT2D eigenvalue weighted by molar-refractivity contribution is 0.288. The van der Waals surface area contributed by atoms with E-state index in [4.69, 9.17) is 0 Å². The summed E-state index contributed by atoms with van der Waals surface area (Å²) in [4.78, 5) is 4.30. The first-order valence-electron chi connectivity index (χ1n) is 5.63. The summed E-state index contributed by atoms with van der Waals surface area (Å²) in [5.74, 6) is 0. The fourth-order valence-corrected chi connectivity index (χ4v) is 1.27. The normalized spacial score (nSPS) is 13.9. The van der Waals surface area contributed by atoms with Crippen LogP contribution in [0.2, 0.25) is 0 Å². The molecule has 0 radical (unpaired) electrons. The van der Waals surface area contributed by atoms with Gasteiger partial charge in [-0.3, -0.25) is 4.98 Å². The topological polar surface area (TPSA) is 24.9 Å². The lowest BCUT2D eigenvalue weighted by Crippen LogP contribution is -2.38. The summed E-state index contributed by atoms with van der Waals surface area (Å²) in [6.07, 6.45) is 2.85. The quantitative estimate of drug-likeness (QED) is 0.819. The van der Waals surface area contributed by atoms with Crippen molar-refractivity contribution in [3.8, 4) is 0 Å². The second-order valence-corrected chi connectivity index (χ2v) is 5.11. The van der Waals surface area contributed by atoms with Crippen molar-refractivity contribution in [1.82, 2.24) is 10.3 Å². The van der Waals surface area contributed by atoms with Crippen LogP contribution in [0.1, 0.15) is 33.4 Å². The number of hydrogen-bond donors (Lipinski definition) is 1. The van der Waals surface area contributed by atoms with Gasteiger partial charge in [-0.15, -0.1) is 0 Å². The Bertz CT molecular complexity index is 274. The first kappa shape index (κ1) is 12.2. The zero-order valence-electron chi connectivity index (χ0n) is 10.2. The van der Waals surface area contributed by atoms with Gasteiger partial charge in [0.25, 0.3) is 0 Å². The highest BCUT2D eigenvalue weighted by Crippen LogP contribution is 2.18. The van der Waals surface area contributed by atoms with E-state index in [9.17, 15) is 0 Å². The number of nitrogens with one attached hydrogen (secondary N) is 1. The molecule has 1 rings (SSSR count). The second-order valence-electron chi connectivity index (χ2n) is 5.11. The first-order valence-corrected chi connectivity index (χ1v) is 5.63. The highest BCUT2D eigenvalue weighted by molar-refractivity contribution is 5.03. The van der Waals surface area contributed by atoms with Gasteiger partial charge in [0.15, 0.2) is 0 Å². The maximum Gasteiger partial charge on any atom is 0.0416 e. The molecule has 0 aliphatic rings. The van der Waals surface area contributed by atoms with Crippen LogP contribution in [0, 0.1) is 5.41 Å². The number of pyridine rings is 1. The molecule has 1 aromatic heterocycles. The molecule has 0 aliphatic carbocycles. The van der Waals surface area contributed by atoms with Crippen molar-refractivity contribution in [2.75, 3.05) is 6.54 Å². The maximum atomic E-state index is 4.30. The summed E-state index contributed by atoms with van der Waals surface area (Å²) in [7, 11) is 0. The number of aromatic nitrogens is 1. The summed E-state index contributed by atoms with van der Waals surface area (Å²) in [6, 6.07) is 6.59. The number of hydrogen-bond acceptors (Lipinski definition) is 2. The SMILES string of the molecule is CC(NCCc1ccccn1)C(C)(C)C. The molecule has 0 aliphatic heterocycles. The standard InChI is InChI=1S/C13H22N2/c1-11(13(2,3)4)14-10-8-12-7-5-6-9-15-12/h5-7,9,11,14H,8,10H2,1-4H3. The van der Waals surface area contributed by atoms with Crippen LogP contribution in [0.4, 0.5) is 0 Å². The Kier molecular flexibility index (Phi) is 4.28. The Morgan fingerprint density at radius 1 is 1.33 bits per heavy atom. The molecule has 15 heavy (non-hydrogen) atoms. The van der Waals surface area contributed by atoms with E-state index < -0.39 is 0 Å². The molecule has 0 spiro atoms. The molecule has 0 saturated heterocycles. The minimum atomic E-state index is 0.324. The predicted molar refractivity (Wildman–Crippen MR) is 64.9 cm³/mol. The number of rotatable bonds is 4. The fourth-order valence-electron chi connectivity index (χ4n) is 1.27. The van der Waals surface area contributed by atoms with Crippen molar-refractivity contribution >= 4 is 0 Å². The maximum absolute atomic E-state index is 4.30. The van der Waals surface area contributed by atoms with E-state index in [1.54, 1.807) is 0 Å². The van der Waals surface area contributed by atoms with Gasteiger partial charge in [0.2, 0.25) is 0 Å². The minimum absolute atomic E-state index is 0.324. The van der Waals surface area contributed by atoms with E-state index in [2.05, 4.69) is 44.1 Å². The fraction of sp³-hybridized carbons (Fsp3) is 0.615. The molecule has 1 atom stereocenters. The van der Waals surface area contributed by atoms with Crippen LogP contribution in [0.3, 0.4) is 0 Å². The molecule has 0 saturated carbocycles. The van der Waals surface area contributed by atoms with Gasteiger partial charge in [0.1, 0.15) is 0 Å². The van der Waals surface area contributed by atoms with E-state index in [1.807, 2.05) is 18.3 Å². The van der Waals surface area contributed by atoms with Gasteiger partial charge < -0.3 is 5.32 Å². The van der Waals surface area contributed by atoms with Gasteiger partial charge in [-0.25, -0.2) is 0 Å². The zero-order valence-corrected chi connectivity index (χ0v) is 10.2. The molecule has 2 nitrogen and oxygen atoms in total. The van der Waals surface area contributed by atoms with E-state index in [0.29, 0.717) is 11.5 Å². The Labute approximate surface area is 93.1 Å². The zero-order chi connectivity index (χ0) is 11.3. The molecule has 0 aromatic carbocycles. The van der Waals surface area contributed by atoms with E-state index in [1.165, 1.54) is 0 Å². The largest absolute Gasteiger partial charge is 0.313 e. The molecule has 0 fully saturated rings. The van der Waals surface area contributed by atoms with Crippen LogP contribution in [0.15, 0.2) is 24.4 Å². The first-order chi connectivity index (χ1) is 7.00. The van der Waals surface area contributed by atoms with E-state index >= 15 is 0 Å². The Morgan fingerprint density at radius 2 is 2.07 bits per heavy atom. The molecule has 0 amide bonds. The predicted octanol–water partition coefficient (Wildman–Crippen LogP) is 2.65. The molecular formula is C13H22N2. The van der Waals surface area contributed by atoms with Crippen LogP contribution in [0.5, 0.6) is 0 Å². The molecule has 84 valence electrons. The lowest BCUT2D eigenvalue weighted by Gasteiger charge is -2.28. The van der Waals surface area contributed by atoms with E-state index in [-0.39, 0.29) is 0 Å². The van der Waals surface area contributed by atoms with Gasteiger partial charge in [0, 0.05) is 30.9 Å². The van der Waals surface area contributed by atoms with E-state index in [0.717, 1.165) is 18.7 Å². The third kappa shape index (κ3) is 4.43. The smallest absolute Gasteiger partial charge is 0.0416 e. The average Bonchev–Trinajstić information content (AvgIpc) is 2.18. The van der Waals surface area contributed by atoms with Crippen molar-refractivity contribution < 1.29 is 0 Å². The van der Waals surface area contributed by atoms with Crippen molar-refractivity contribution in [1.29, 1.82) is 0 Å². The number of nitrogens with zero attached hydrogens (tertiary/aromatic N) is 1. The highest BCUT2D eigenvalue weighted by Gasteiger charge is 2.18. The summed E-state index contributed by atoms with van der Waals surface area (Å²) in [5, 5.41) is 3.53. The van der Waals surface area contributed by atoms with Crippen LogP contribution in [0.25, 0.3) is 0 Å². The summed E-state index contributed by atoms with van der Waals surface area (Å²) < 4.78 is 0. The lowest BCUT2D eigenvalue weighted by atomic mass is 9.88. The molecular weight excluding hydrogens is 184 g/mol. The van der Waals surface area contributed by atoms with Crippen LogP contribution < -0.4 is 5.32 Å². The second kappa shape index (κ2) is 5.26. The molecule has 0 bridgehead atoms. The third-order valence-electron chi connectivity index (χ3n) is 2.86.